The van der Waals surface area contributed by atoms with E-state index in [1.54, 1.807) is 0 Å². The Balaban J connectivity index is 2.03. The van der Waals surface area contributed by atoms with Crippen molar-refractivity contribution >= 4 is 5.69 Å². The molecule has 1 aliphatic heterocycles. The van der Waals surface area contributed by atoms with E-state index in [2.05, 4.69) is 41.2 Å². The van der Waals surface area contributed by atoms with Gasteiger partial charge in [0.05, 0.1) is 5.69 Å². The van der Waals surface area contributed by atoms with E-state index >= 15 is 0 Å². The van der Waals surface area contributed by atoms with Crippen LogP contribution in [0, 0.1) is 0 Å². The first-order chi connectivity index (χ1) is 9.85. The molecule has 1 aliphatic rings. The van der Waals surface area contributed by atoms with Crippen LogP contribution in [0.2, 0.25) is 0 Å². The van der Waals surface area contributed by atoms with Crippen molar-refractivity contribution in [3.05, 3.63) is 24.0 Å². The van der Waals surface area contributed by atoms with Crippen molar-refractivity contribution in [2.24, 2.45) is 0 Å². The highest BCUT2D eigenvalue weighted by Crippen LogP contribution is 2.27. The second kappa shape index (κ2) is 8.25. The highest BCUT2D eigenvalue weighted by molar-refractivity contribution is 5.48. The standard InChI is InChI=1S/C17H29N3/c1-3-7-16-8-5-6-12-20(16)17-9-11-19-15(13-17)14-18-10-4-2/h9,11,13,16,18H,3-8,10,12,14H2,1-2H3. The van der Waals surface area contributed by atoms with E-state index in [1.165, 1.54) is 50.8 Å². The number of rotatable bonds is 7. The fourth-order valence-corrected chi connectivity index (χ4v) is 3.11. The number of hydrogen-bond acceptors (Lipinski definition) is 3. The van der Waals surface area contributed by atoms with Crippen LogP contribution in [0.5, 0.6) is 0 Å². The summed E-state index contributed by atoms with van der Waals surface area (Å²) in [4.78, 5) is 7.10. The topological polar surface area (TPSA) is 28.2 Å². The number of anilines is 1. The molecule has 0 radical (unpaired) electrons. The van der Waals surface area contributed by atoms with E-state index < -0.39 is 0 Å². The van der Waals surface area contributed by atoms with Crippen molar-refractivity contribution in [1.29, 1.82) is 0 Å². The molecule has 0 spiro atoms. The van der Waals surface area contributed by atoms with Crippen LogP contribution in [0.1, 0.15) is 58.1 Å². The van der Waals surface area contributed by atoms with Crippen molar-refractivity contribution in [1.82, 2.24) is 10.3 Å². The molecule has 1 aromatic heterocycles. The summed E-state index contributed by atoms with van der Waals surface area (Å²) in [6, 6.07) is 5.18. The predicted molar refractivity (Wildman–Crippen MR) is 86.1 cm³/mol. The van der Waals surface area contributed by atoms with Gasteiger partial charge in [-0.15, -0.1) is 0 Å². The summed E-state index contributed by atoms with van der Waals surface area (Å²) < 4.78 is 0. The third kappa shape index (κ3) is 4.20. The van der Waals surface area contributed by atoms with E-state index in [-0.39, 0.29) is 0 Å². The lowest BCUT2D eigenvalue weighted by Crippen LogP contribution is -2.39. The minimum Gasteiger partial charge on any atom is -0.368 e. The van der Waals surface area contributed by atoms with Crippen LogP contribution in [-0.4, -0.2) is 24.1 Å². The SMILES string of the molecule is CCCNCc1cc(N2CCCCC2CCC)ccn1. The maximum Gasteiger partial charge on any atom is 0.0562 e. The van der Waals surface area contributed by atoms with Gasteiger partial charge >= 0.3 is 0 Å². The molecule has 112 valence electrons. The zero-order chi connectivity index (χ0) is 14.2. The molecular weight excluding hydrogens is 246 g/mol. The third-order valence-corrected chi connectivity index (χ3v) is 4.11. The molecule has 1 N–H and O–H groups in total. The summed E-state index contributed by atoms with van der Waals surface area (Å²) in [7, 11) is 0. The zero-order valence-electron chi connectivity index (χ0n) is 13.1. The van der Waals surface area contributed by atoms with Gasteiger partial charge in [0.2, 0.25) is 0 Å². The Morgan fingerprint density at radius 1 is 1.30 bits per heavy atom. The van der Waals surface area contributed by atoms with Gasteiger partial charge in [0.15, 0.2) is 0 Å². The minimum absolute atomic E-state index is 0.729. The lowest BCUT2D eigenvalue weighted by molar-refractivity contribution is 0.434. The van der Waals surface area contributed by atoms with E-state index in [0.717, 1.165) is 24.8 Å². The van der Waals surface area contributed by atoms with Gasteiger partial charge in [-0.1, -0.05) is 20.3 Å². The molecule has 2 rings (SSSR count). The zero-order valence-corrected chi connectivity index (χ0v) is 13.1. The Labute approximate surface area is 123 Å². The molecule has 20 heavy (non-hydrogen) atoms. The second-order valence-corrected chi connectivity index (χ2v) is 5.81. The highest BCUT2D eigenvalue weighted by atomic mass is 15.2. The number of aromatic nitrogens is 1. The summed E-state index contributed by atoms with van der Waals surface area (Å²) in [6.45, 7) is 7.64. The van der Waals surface area contributed by atoms with Crippen LogP contribution < -0.4 is 10.2 Å². The fraction of sp³-hybridized carbons (Fsp3) is 0.706. The van der Waals surface area contributed by atoms with Crippen molar-refractivity contribution in [2.45, 2.75) is 65.0 Å². The lowest BCUT2D eigenvalue weighted by atomic mass is 9.97. The molecule has 0 bridgehead atoms. The molecule has 0 aromatic carbocycles. The van der Waals surface area contributed by atoms with Gasteiger partial charge < -0.3 is 10.2 Å². The van der Waals surface area contributed by atoms with Gasteiger partial charge in [0.1, 0.15) is 0 Å². The van der Waals surface area contributed by atoms with Crippen LogP contribution >= 0.6 is 0 Å². The fourth-order valence-electron chi connectivity index (χ4n) is 3.11. The van der Waals surface area contributed by atoms with Gasteiger partial charge in [-0.3, -0.25) is 4.98 Å². The maximum atomic E-state index is 4.49. The van der Waals surface area contributed by atoms with E-state index in [1.807, 2.05) is 6.20 Å². The van der Waals surface area contributed by atoms with Gasteiger partial charge in [-0.25, -0.2) is 0 Å². The molecule has 1 fully saturated rings. The smallest absolute Gasteiger partial charge is 0.0562 e. The van der Waals surface area contributed by atoms with Crippen LogP contribution in [0.15, 0.2) is 18.3 Å². The van der Waals surface area contributed by atoms with Crippen LogP contribution in [-0.2, 0) is 6.54 Å². The average molecular weight is 275 g/mol. The Morgan fingerprint density at radius 2 is 2.20 bits per heavy atom. The van der Waals surface area contributed by atoms with Crippen molar-refractivity contribution in [2.75, 3.05) is 18.0 Å². The van der Waals surface area contributed by atoms with Gasteiger partial charge in [0, 0.05) is 31.0 Å². The number of nitrogens with one attached hydrogen (secondary N) is 1. The highest BCUT2D eigenvalue weighted by Gasteiger charge is 2.21. The molecule has 1 saturated heterocycles. The number of piperidine rings is 1. The first-order valence-electron chi connectivity index (χ1n) is 8.27. The van der Waals surface area contributed by atoms with Crippen LogP contribution in [0.25, 0.3) is 0 Å². The normalized spacial score (nSPS) is 19.3. The Bertz CT molecular complexity index is 390. The molecule has 2 heterocycles. The number of nitrogens with zero attached hydrogens (tertiary/aromatic N) is 2. The quantitative estimate of drug-likeness (QED) is 0.768. The molecule has 3 nitrogen and oxygen atoms in total. The molecule has 1 unspecified atom stereocenters. The molecule has 1 atom stereocenters. The number of hydrogen-bond donors (Lipinski definition) is 1. The maximum absolute atomic E-state index is 4.49. The molecule has 0 aliphatic carbocycles. The first kappa shape index (κ1) is 15.3. The summed E-state index contributed by atoms with van der Waals surface area (Å²) in [5.41, 5.74) is 2.53. The minimum atomic E-state index is 0.729. The van der Waals surface area contributed by atoms with Crippen molar-refractivity contribution in [3.8, 4) is 0 Å². The van der Waals surface area contributed by atoms with E-state index in [9.17, 15) is 0 Å². The molecule has 0 saturated carbocycles. The average Bonchev–Trinajstić information content (AvgIpc) is 2.49. The van der Waals surface area contributed by atoms with Gasteiger partial charge in [0.25, 0.3) is 0 Å². The van der Waals surface area contributed by atoms with Gasteiger partial charge in [-0.05, 0) is 50.8 Å². The van der Waals surface area contributed by atoms with E-state index in [0.29, 0.717) is 0 Å². The molecule has 0 amide bonds. The largest absolute Gasteiger partial charge is 0.368 e. The second-order valence-electron chi connectivity index (χ2n) is 5.81. The van der Waals surface area contributed by atoms with Gasteiger partial charge in [-0.2, -0.15) is 0 Å². The summed E-state index contributed by atoms with van der Waals surface area (Å²) in [5.74, 6) is 0. The number of pyridine rings is 1. The molecular formula is C17H29N3. The van der Waals surface area contributed by atoms with Crippen molar-refractivity contribution in [3.63, 3.8) is 0 Å². The summed E-state index contributed by atoms with van der Waals surface area (Å²) in [5, 5.41) is 3.44. The van der Waals surface area contributed by atoms with Crippen molar-refractivity contribution < 1.29 is 0 Å². The monoisotopic (exact) mass is 275 g/mol. The van der Waals surface area contributed by atoms with E-state index in [4.69, 9.17) is 0 Å². The Morgan fingerprint density at radius 3 is 3.00 bits per heavy atom. The Kier molecular flexibility index (Phi) is 6.31. The van der Waals surface area contributed by atoms with Crippen LogP contribution in [0.4, 0.5) is 5.69 Å². The lowest BCUT2D eigenvalue weighted by Gasteiger charge is -2.37. The molecule has 1 aromatic rings. The summed E-state index contributed by atoms with van der Waals surface area (Å²) >= 11 is 0. The third-order valence-electron chi connectivity index (χ3n) is 4.11. The Hall–Kier alpha value is -1.09. The predicted octanol–water partition coefficient (Wildman–Crippen LogP) is 3.74. The first-order valence-corrected chi connectivity index (χ1v) is 8.27. The molecule has 3 heteroatoms. The van der Waals surface area contributed by atoms with Crippen LogP contribution in [0.3, 0.4) is 0 Å². The summed E-state index contributed by atoms with van der Waals surface area (Å²) in [6.07, 6.45) is 9.78.